The normalized spacial score (nSPS) is 23.8. The van der Waals surface area contributed by atoms with Crippen LogP contribution in [0, 0.1) is 11.8 Å². The first kappa shape index (κ1) is 15.9. The van der Waals surface area contributed by atoms with E-state index in [1.807, 2.05) is 7.11 Å². The van der Waals surface area contributed by atoms with Crippen LogP contribution in [0.3, 0.4) is 0 Å². The van der Waals surface area contributed by atoms with Gasteiger partial charge in [-0.05, 0) is 37.8 Å². The zero-order valence-electron chi connectivity index (χ0n) is 12.9. The van der Waals surface area contributed by atoms with Crippen molar-refractivity contribution >= 4 is 0 Å². The van der Waals surface area contributed by atoms with Crippen LogP contribution in [0.1, 0.15) is 40.5 Å². The summed E-state index contributed by atoms with van der Waals surface area (Å²) in [6, 6.07) is 0.640. The van der Waals surface area contributed by atoms with Gasteiger partial charge in [-0.1, -0.05) is 27.7 Å². The third-order valence-electron chi connectivity index (χ3n) is 3.89. The lowest BCUT2D eigenvalue weighted by Gasteiger charge is -2.40. The van der Waals surface area contributed by atoms with Crippen molar-refractivity contribution in [2.24, 2.45) is 11.8 Å². The number of likely N-dealkylation sites (tertiary alicyclic amines) is 1. The largest absolute Gasteiger partial charge is 0.380 e. The fourth-order valence-electron chi connectivity index (χ4n) is 2.77. The van der Waals surface area contributed by atoms with E-state index in [4.69, 9.17) is 4.74 Å². The quantitative estimate of drug-likeness (QED) is 0.757. The molecule has 0 bridgehead atoms. The summed E-state index contributed by atoms with van der Waals surface area (Å²) in [5, 5.41) is 3.61. The molecule has 108 valence electrons. The van der Waals surface area contributed by atoms with Crippen LogP contribution in [0.25, 0.3) is 0 Å². The highest BCUT2D eigenvalue weighted by Crippen LogP contribution is 2.19. The van der Waals surface area contributed by atoms with Crippen LogP contribution in [0.5, 0.6) is 0 Å². The molecule has 1 saturated heterocycles. The Balaban J connectivity index is 2.44. The molecule has 1 heterocycles. The summed E-state index contributed by atoms with van der Waals surface area (Å²) in [4.78, 5) is 2.62. The van der Waals surface area contributed by atoms with Gasteiger partial charge in [0.2, 0.25) is 0 Å². The molecule has 0 spiro atoms. The maximum absolute atomic E-state index is 5.53. The molecule has 0 aromatic rings. The Morgan fingerprint density at radius 3 is 2.50 bits per heavy atom. The second kappa shape index (κ2) is 8.13. The molecule has 1 fully saturated rings. The fourth-order valence-corrected chi connectivity index (χ4v) is 2.77. The highest BCUT2D eigenvalue weighted by molar-refractivity contribution is 4.83. The molecule has 0 amide bonds. The zero-order valence-corrected chi connectivity index (χ0v) is 12.9. The van der Waals surface area contributed by atoms with E-state index in [2.05, 4.69) is 37.9 Å². The third kappa shape index (κ3) is 5.25. The topological polar surface area (TPSA) is 24.5 Å². The van der Waals surface area contributed by atoms with Gasteiger partial charge in [0.25, 0.3) is 0 Å². The molecule has 0 radical (unpaired) electrons. The van der Waals surface area contributed by atoms with Gasteiger partial charge in [-0.25, -0.2) is 0 Å². The Morgan fingerprint density at radius 1 is 1.22 bits per heavy atom. The summed E-state index contributed by atoms with van der Waals surface area (Å²) in [6.45, 7) is 13.7. The molecular formula is C15H32N2O. The Bertz CT molecular complexity index is 219. The van der Waals surface area contributed by atoms with E-state index in [1.54, 1.807) is 0 Å². The highest BCUT2D eigenvalue weighted by atomic mass is 16.5. The number of methoxy groups -OCH3 is 1. The predicted molar refractivity (Wildman–Crippen MR) is 77.9 cm³/mol. The van der Waals surface area contributed by atoms with Crippen molar-refractivity contribution in [1.29, 1.82) is 0 Å². The standard InChI is InChI=1S/C15H32N2O/c1-12(2)9-16-10-15(13(3)4)17-8-6-7-14(11-17)18-5/h12-16H,6-11H2,1-5H3. The maximum atomic E-state index is 5.53. The minimum atomic E-state index is 0.435. The molecule has 1 aliphatic rings. The van der Waals surface area contributed by atoms with Gasteiger partial charge in [0.05, 0.1) is 6.10 Å². The summed E-state index contributed by atoms with van der Waals surface area (Å²) in [5.74, 6) is 1.42. The van der Waals surface area contributed by atoms with Crippen LogP contribution in [0.15, 0.2) is 0 Å². The van der Waals surface area contributed by atoms with Crippen LogP contribution in [-0.2, 0) is 4.74 Å². The molecule has 1 rings (SSSR count). The monoisotopic (exact) mass is 256 g/mol. The molecule has 1 N–H and O–H groups in total. The van der Waals surface area contributed by atoms with Crippen LogP contribution in [0.4, 0.5) is 0 Å². The number of rotatable bonds is 7. The molecular weight excluding hydrogens is 224 g/mol. The van der Waals surface area contributed by atoms with Gasteiger partial charge < -0.3 is 10.1 Å². The van der Waals surface area contributed by atoms with Crippen molar-refractivity contribution in [2.75, 3.05) is 33.3 Å². The van der Waals surface area contributed by atoms with Crippen LogP contribution in [-0.4, -0.2) is 50.3 Å². The van der Waals surface area contributed by atoms with Gasteiger partial charge >= 0.3 is 0 Å². The maximum Gasteiger partial charge on any atom is 0.0698 e. The lowest BCUT2D eigenvalue weighted by atomic mass is 9.98. The lowest BCUT2D eigenvalue weighted by molar-refractivity contribution is 0.00592. The summed E-state index contributed by atoms with van der Waals surface area (Å²) >= 11 is 0. The molecule has 2 atom stereocenters. The average molecular weight is 256 g/mol. The number of nitrogens with zero attached hydrogens (tertiary/aromatic N) is 1. The fraction of sp³-hybridized carbons (Fsp3) is 1.00. The zero-order chi connectivity index (χ0) is 13.5. The molecule has 18 heavy (non-hydrogen) atoms. The number of ether oxygens (including phenoxy) is 1. The molecule has 3 heteroatoms. The van der Waals surface area contributed by atoms with Crippen molar-refractivity contribution in [2.45, 2.75) is 52.7 Å². The van der Waals surface area contributed by atoms with E-state index < -0.39 is 0 Å². The van der Waals surface area contributed by atoms with Gasteiger partial charge in [-0.2, -0.15) is 0 Å². The van der Waals surface area contributed by atoms with Gasteiger partial charge in [-0.15, -0.1) is 0 Å². The minimum absolute atomic E-state index is 0.435. The molecule has 0 aliphatic carbocycles. The van der Waals surface area contributed by atoms with E-state index in [1.165, 1.54) is 19.4 Å². The van der Waals surface area contributed by atoms with E-state index in [0.717, 1.165) is 25.6 Å². The SMILES string of the molecule is COC1CCCN(C(CNCC(C)C)C(C)C)C1. The predicted octanol–water partition coefficient (Wildman–Crippen LogP) is 2.37. The van der Waals surface area contributed by atoms with Crippen LogP contribution in [0.2, 0.25) is 0 Å². The van der Waals surface area contributed by atoms with Crippen molar-refractivity contribution in [3.05, 3.63) is 0 Å². The summed E-state index contributed by atoms with van der Waals surface area (Å²) < 4.78 is 5.53. The van der Waals surface area contributed by atoms with Crippen molar-refractivity contribution in [3.63, 3.8) is 0 Å². The average Bonchev–Trinajstić information content (AvgIpc) is 2.34. The van der Waals surface area contributed by atoms with E-state index in [-0.39, 0.29) is 0 Å². The van der Waals surface area contributed by atoms with Gasteiger partial charge in [0.1, 0.15) is 0 Å². The van der Waals surface area contributed by atoms with Gasteiger partial charge in [-0.3, -0.25) is 4.90 Å². The van der Waals surface area contributed by atoms with Crippen LogP contribution >= 0.6 is 0 Å². The van der Waals surface area contributed by atoms with E-state index in [0.29, 0.717) is 18.1 Å². The summed E-state index contributed by atoms with van der Waals surface area (Å²) in [7, 11) is 1.84. The molecule has 1 aliphatic heterocycles. The third-order valence-corrected chi connectivity index (χ3v) is 3.89. The Kier molecular flexibility index (Phi) is 7.20. The first-order valence-electron chi connectivity index (χ1n) is 7.52. The first-order valence-corrected chi connectivity index (χ1v) is 7.52. The van der Waals surface area contributed by atoms with Gasteiger partial charge in [0, 0.05) is 26.2 Å². The number of hydrogen-bond donors (Lipinski definition) is 1. The van der Waals surface area contributed by atoms with Crippen molar-refractivity contribution < 1.29 is 4.74 Å². The Labute approximate surface area is 113 Å². The lowest BCUT2D eigenvalue weighted by Crippen LogP contribution is -2.51. The molecule has 0 aromatic heterocycles. The molecule has 3 nitrogen and oxygen atoms in total. The second-order valence-electron chi connectivity index (χ2n) is 6.36. The van der Waals surface area contributed by atoms with Gasteiger partial charge in [0.15, 0.2) is 0 Å². The molecule has 0 aromatic carbocycles. The first-order chi connectivity index (χ1) is 8.54. The number of nitrogens with one attached hydrogen (secondary N) is 1. The van der Waals surface area contributed by atoms with E-state index >= 15 is 0 Å². The Hall–Kier alpha value is -0.120. The molecule has 2 unspecified atom stereocenters. The highest BCUT2D eigenvalue weighted by Gasteiger charge is 2.27. The van der Waals surface area contributed by atoms with Crippen LogP contribution < -0.4 is 5.32 Å². The smallest absolute Gasteiger partial charge is 0.0698 e. The second-order valence-corrected chi connectivity index (χ2v) is 6.36. The number of piperidine rings is 1. The Morgan fingerprint density at radius 2 is 1.94 bits per heavy atom. The summed E-state index contributed by atoms with van der Waals surface area (Å²) in [6.07, 6.45) is 2.92. The van der Waals surface area contributed by atoms with Crippen molar-refractivity contribution in [3.8, 4) is 0 Å². The minimum Gasteiger partial charge on any atom is -0.380 e. The number of hydrogen-bond acceptors (Lipinski definition) is 3. The van der Waals surface area contributed by atoms with E-state index in [9.17, 15) is 0 Å². The van der Waals surface area contributed by atoms with Crippen molar-refractivity contribution in [1.82, 2.24) is 10.2 Å². The molecule has 0 saturated carbocycles. The summed E-state index contributed by atoms with van der Waals surface area (Å²) in [5.41, 5.74) is 0.